The standard InChI is InChI=1S/C16H26N2O2.H3NO2S/c1-4-5-6-7-8-9-10-17-16-13(2)11-15(18(19)20)12-14(16)3;1-4(2)3/h11-12,17H,4-10H2,1-3H3;1H2,(H,2,3)/p-1. The van der Waals surface area contributed by atoms with Crippen LogP contribution in [0, 0.1) is 24.0 Å². The Morgan fingerprint density at radius 2 is 1.58 bits per heavy atom. The highest BCUT2D eigenvalue weighted by Gasteiger charge is 2.11. The highest BCUT2D eigenvalue weighted by molar-refractivity contribution is 7.76. The number of unbranched alkanes of at least 4 members (excludes halogenated alkanes) is 5. The van der Waals surface area contributed by atoms with Crippen molar-refractivity contribution in [2.75, 3.05) is 11.9 Å². The lowest BCUT2D eigenvalue weighted by atomic mass is 10.1. The van der Waals surface area contributed by atoms with Crippen molar-refractivity contribution in [2.24, 2.45) is 5.14 Å². The predicted molar refractivity (Wildman–Crippen MR) is 97.5 cm³/mol. The minimum absolute atomic E-state index is 0.171. The zero-order chi connectivity index (χ0) is 18.5. The molecule has 0 fully saturated rings. The smallest absolute Gasteiger partial charge is 0.270 e. The second-order valence-corrected chi connectivity index (χ2v) is 6.19. The third kappa shape index (κ3) is 10.3. The molecule has 1 rings (SSSR count). The minimum atomic E-state index is -2.36. The van der Waals surface area contributed by atoms with E-state index in [0.29, 0.717) is 0 Å². The average Bonchev–Trinajstić information content (AvgIpc) is 2.47. The zero-order valence-corrected chi connectivity index (χ0v) is 15.5. The van der Waals surface area contributed by atoms with Gasteiger partial charge in [-0.25, -0.2) is 0 Å². The number of nitrogens with one attached hydrogen (secondary N) is 1. The summed E-state index contributed by atoms with van der Waals surface area (Å²) >= 11 is -2.36. The number of hydrogen-bond donors (Lipinski definition) is 2. The van der Waals surface area contributed by atoms with E-state index in [1.54, 1.807) is 12.1 Å². The molecule has 0 saturated carbocycles. The van der Waals surface area contributed by atoms with Crippen LogP contribution in [-0.4, -0.2) is 20.2 Å². The molecule has 3 N–H and O–H groups in total. The van der Waals surface area contributed by atoms with Crippen molar-refractivity contribution in [3.05, 3.63) is 33.4 Å². The first-order chi connectivity index (χ1) is 11.3. The Bertz CT molecular complexity index is 511. The quantitative estimate of drug-likeness (QED) is 0.301. The molecule has 1 aromatic rings. The molecule has 0 aromatic heterocycles. The number of nitrogens with zero attached hydrogens (tertiary/aromatic N) is 1. The third-order valence-electron chi connectivity index (χ3n) is 3.56. The van der Waals surface area contributed by atoms with E-state index in [2.05, 4.69) is 17.4 Å². The fourth-order valence-corrected chi connectivity index (χ4v) is 2.44. The van der Waals surface area contributed by atoms with E-state index in [4.69, 9.17) is 8.76 Å². The number of rotatable bonds is 9. The molecule has 0 aliphatic heterocycles. The van der Waals surface area contributed by atoms with Crippen LogP contribution in [0.3, 0.4) is 0 Å². The SMILES string of the molecule is CCCCCCCCNc1c(C)cc([N+](=O)[O-])cc1C.NS(=O)[O-]. The molecular formula is C16H28N3O4S-. The Labute approximate surface area is 146 Å². The van der Waals surface area contributed by atoms with Crippen molar-refractivity contribution < 1.29 is 13.7 Å². The summed E-state index contributed by atoms with van der Waals surface area (Å²) in [6.07, 6.45) is 7.63. The highest BCUT2D eigenvalue weighted by atomic mass is 32.2. The van der Waals surface area contributed by atoms with Crippen molar-refractivity contribution in [3.63, 3.8) is 0 Å². The van der Waals surface area contributed by atoms with Crippen LogP contribution in [0.2, 0.25) is 0 Å². The van der Waals surface area contributed by atoms with Gasteiger partial charge < -0.3 is 9.87 Å². The van der Waals surface area contributed by atoms with Crippen LogP contribution in [0.25, 0.3) is 0 Å². The molecule has 0 radical (unpaired) electrons. The summed E-state index contributed by atoms with van der Waals surface area (Å²) in [6.45, 7) is 7.00. The zero-order valence-electron chi connectivity index (χ0n) is 14.7. The Balaban J connectivity index is 0.00000118. The molecule has 0 amide bonds. The fraction of sp³-hybridized carbons (Fsp3) is 0.625. The molecular weight excluding hydrogens is 330 g/mol. The van der Waals surface area contributed by atoms with Gasteiger partial charge in [-0.05, 0) is 31.4 Å². The van der Waals surface area contributed by atoms with E-state index in [1.807, 2.05) is 13.8 Å². The summed E-state index contributed by atoms with van der Waals surface area (Å²) in [5.74, 6) is 0. The summed E-state index contributed by atoms with van der Waals surface area (Å²) in [5.41, 5.74) is 3.11. The van der Waals surface area contributed by atoms with Crippen molar-refractivity contribution in [3.8, 4) is 0 Å². The topological polar surface area (TPSA) is 121 Å². The van der Waals surface area contributed by atoms with Crippen LogP contribution in [0.15, 0.2) is 12.1 Å². The Hall–Kier alpha value is -1.51. The number of nitrogens with two attached hydrogens (primary N) is 1. The second-order valence-electron chi connectivity index (χ2n) is 5.67. The Morgan fingerprint density at radius 3 is 2.04 bits per heavy atom. The molecule has 24 heavy (non-hydrogen) atoms. The molecule has 0 saturated heterocycles. The summed E-state index contributed by atoms with van der Waals surface area (Å²) in [4.78, 5) is 10.5. The van der Waals surface area contributed by atoms with Crippen molar-refractivity contribution in [2.45, 2.75) is 59.3 Å². The molecule has 1 aromatic carbocycles. The lowest BCUT2D eigenvalue weighted by Gasteiger charge is -2.12. The number of aryl methyl sites for hydroxylation is 2. The summed E-state index contributed by atoms with van der Waals surface area (Å²) in [5, 5.41) is 18.2. The lowest BCUT2D eigenvalue weighted by molar-refractivity contribution is -0.384. The van der Waals surface area contributed by atoms with Gasteiger partial charge in [-0.1, -0.05) is 39.0 Å². The highest BCUT2D eigenvalue weighted by Crippen LogP contribution is 2.26. The molecule has 1 atom stereocenters. The molecule has 0 spiro atoms. The molecule has 1 unspecified atom stereocenters. The van der Waals surface area contributed by atoms with Gasteiger partial charge >= 0.3 is 0 Å². The van der Waals surface area contributed by atoms with E-state index >= 15 is 0 Å². The van der Waals surface area contributed by atoms with Crippen LogP contribution in [0.1, 0.15) is 56.6 Å². The molecule has 138 valence electrons. The van der Waals surface area contributed by atoms with Gasteiger partial charge in [0.05, 0.1) is 4.92 Å². The summed E-state index contributed by atoms with van der Waals surface area (Å²) in [7, 11) is 0. The van der Waals surface area contributed by atoms with Gasteiger partial charge in [0.1, 0.15) is 0 Å². The van der Waals surface area contributed by atoms with Crippen molar-refractivity contribution in [1.29, 1.82) is 0 Å². The molecule has 0 bridgehead atoms. The number of hydrogen-bond acceptors (Lipinski definition) is 5. The molecule has 0 aliphatic rings. The molecule has 8 heteroatoms. The van der Waals surface area contributed by atoms with Crippen LogP contribution < -0.4 is 10.5 Å². The van der Waals surface area contributed by atoms with Gasteiger partial charge in [0.15, 0.2) is 0 Å². The third-order valence-corrected chi connectivity index (χ3v) is 3.56. The Kier molecular flexibility index (Phi) is 12.0. The number of nitro benzene ring substituents is 1. The normalized spacial score (nSPS) is 11.4. The monoisotopic (exact) mass is 358 g/mol. The molecule has 0 heterocycles. The van der Waals surface area contributed by atoms with Gasteiger partial charge in [0.25, 0.3) is 5.69 Å². The van der Waals surface area contributed by atoms with E-state index in [9.17, 15) is 10.1 Å². The van der Waals surface area contributed by atoms with Crippen LogP contribution >= 0.6 is 0 Å². The minimum Gasteiger partial charge on any atom is -0.760 e. The van der Waals surface area contributed by atoms with Crippen molar-refractivity contribution >= 4 is 22.6 Å². The van der Waals surface area contributed by atoms with E-state index in [1.165, 1.54) is 32.1 Å². The predicted octanol–water partition coefficient (Wildman–Crippen LogP) is 3.72. The largest absolute Gasteiger partial charge is 0.760 e. The maximum atomic E-state index is 10.8. The number of anilines is 1. The first-order valence-corrected chi connectivity index (χ1v) is 9.26. The first kappa shape index (κ1) is 22.5. The van der Waals surface area contributed by atoms with Gasteiger partial charge in [-0.2, -0.15) is 0 Å². The number of non-ortho nitro benzene ring substituents is 1. The van der Waals surface area contributed by atoms with Gasteiger partial charge in [-0.15, -0.1) is 0 Å². The number of benzene rings is 1. The maximum Gasteiger partial charge on any atom is 0.270 e. The first-order valence-electron chi connectivity index (χ1n) is 8.12. The van der Waals surface area contributed by atoms with E-state index in [0.717, 1.165) is 29.8 Å². The van der Waals surface area contributed by atoms with Gasteiger partial charge in [0.2, 0.25) is 0 Å². The molecule has 7 nitrogen and oxygen atoms in total. The van der Waals surface area contributed by atoms with Crippen LogP contribution in [0.4, 0.5) is 11.4 Å². The second kappa shape index (κ2) is 12.9. The van der Waals surface area contributed by atoms with Gasteiger partial charge in [-0.3, -0.25) is 19.5 Å². The van der Waals surface area contributed by atoms with E-state index in [-0.39, 0.29) is 10.6 Å². The average molecular weight is 358 g/mol. The van der Waals surface area contributed by atoms with Crippen LogP contribution in [-0.2, 0) is 11.3 Å². The van der Waals surface area contributed by atoms with E-state index < -0.39 is 11.3 Å². The maximum absolute atomic E-state index is 10.8. The fourth-order valence-electron chi connectivity index (χ4n) is 2.44. The number of nitro groups is 1. The Morgan fingerprint density at radius 1 is 1.12 bits per heavy atom. The summed E-state index contributed by atoms with van der Waals surface area (Å²) < 4.78 is 17.6. The molecule has 0 aliphatic carbocycles. The van der Waals surface area contributed by atoms with Crippen LogP contribution in [0.5, 0.6) is 0 Å². The van der Waals surface area contributed by atoms with Gasteiger partial charge in [0, 0.05) is 35.6 Å². The summed E-state index contributed by atoms with van der Waals surface area (Å²) in [6, 6.07) is 3.27. The van der Waals surface area contributed by atoms with Crippen molar-refractivity contribution in [1.82, 2.24) is 0 Å². The lowest BCUT2D eigenvalue weighted by Crippen LogP contribution is -2.05.